The lowest BCUT2D eigenvalue weighted by atomic mass is 9.85. The van der Waals surface area contributed by atoms with E-state index in [1.54, 1.807) is 0 Å². The molecule has 17 heavy (non-hydrogen) atoms. The normalized spacial score (nSPS) is 30.6. The number of nitrogens with zero attached hydrogens (tertiary/aromatic N) is 1. The second-order valence-corrected chi connectivity index (χ2v) is 5.04. The number of hydrogen-bond acceptors (Lipinski definition) is 3. The summed E-state index contributed by atoms with van der Waals surface area (Å²) in [5.41, 5.74) is 5.84. The van der Waals surface area contributed by atoms with Crippen molar-refractivity contribution in [3.63, 3.8) is 0 Å². The first-order valence-corrected chi connectivity index (χ1v) is 6.48. The first-order chi connectivity index (χ1) is 8.16. The maximum atomic E-state index is 12.3. The summed E-state index contributed by atoms with van der Waals surface area (Å²) < 4.78 is 0. The van der Waals surface area contributed by atoms with E-state index in [0.29, 0.717) is 26.1 Å². The first-order valence-electron chi connectivity index (χ1n) is 6.48. The van der Waals surface area contributed by atoms with Crippen molar-refractivity contribution in [1.82, 2.24) is 10.2 Å². The van der Waals surface area contributed by atoms with Gasteiger partial charge in [0.2, 0.25) is 11.8 Å². The lowest BCUT2D eigenvalue weighted by Gasteiger charge is -2.30. The van der Waals surface area contributed by atoms with Crippen LogP contribution in [-0.2, 0) is 9.59 Å². The Morgan fingerprint density at radius 1 is 1.24 bits per heavy atom. The topological polar surface area (TPSA) is 75.4 Å². The van der Waals surface area contributed by atoms with E-state index in [1.807, 2.05) is 4.90 Å². The number of amides is 2. The van der Waals surface area contributed by atoms with E-state index in [1.165, 1.54) is 0 Å². The fourth-order valence-corrected chi connectivity index (χ4v) is 2.61. The van der Waals surface area contributed by atoms with Gasteiger partial charge in [-0.2, -0.15) is 0 Å². The number of carbonyl (C=O) groups is 2. The molecule has 0 radical (unpaired) electrons. The van der Waals surface area contributed by atoms with Crippen molar-refractivity contribution < 1.29 is 9.59 Å². The summed E-state index contributed by atoms with van der Waals surface area (Å²) in [6, 6.07) is 0.270. The molecule has 1 aliphatic carbocycles. The first kappa shape index (κ1) is 12.4. The molecule has 1 aliphatic heterocycles. The molecule has 1 saturated carbocycles. The zero-order chi connectivity index (χ0) is 12.3. The van der Waals surface area contributed by atoms with Gasteiger partial charge >= 0.3 is 0 Å². The molecule has 0 spiro atoms. The molecule has 2 amide bonds. The van der Waals surface area contributed by atoms with Crippen LogP contribution in [0, 0.1) is 5.92 Å². The molecular weight excluding hydrogens is 218 g/mol. The highest BCUT2D eigenvalue weighted by molar-refractivity contribution is 5.81. The third-order valence-electron chi connectivity index (χ3n) is 3.75. The van der Waals surface area contributed by atoms with Crippen LogP contribution in [-0.4, -0.2) is 42.4 Å². The molecule has 1 saturated heterocycles. The predicted molar refractivity (Wildman–Crippen MR) is 64.1 cm³/mol. The number of nitrogens with two attached hydrogens (primary N) is 1. The van der Waals surface area contributed by atoms with Crippen LogP contribution in [0.1, 0.15) is 32.1 Å². The number of nitrogens with one attached hydrogen (secondary N) is 1. The van der Waals surface area contributed by atoms with Crippen LogP contribution in [0.15, 0.2) is 0 Å². The Labute approximate surface area is 102 Å². The fourth-order valence-electron chi connectivity index (χ4n) is 2.61. The van der Waals surface area contributed by atoms with Gasteiger partial charge < -0.3 is 16.0 Å². The van der Waals surface area contributed by atoms with Crippen molar-refractivity contribution in [2.75, 3.05) is 19.6 Å². The third kappa shape index (κ3) is 3.19. The van der Waals surface area contributed by atoms with Gasteiger partial charge in [0.05, 0.1) is 0 Å². The van der Waals surface area contributed by atoms with Crippen molar-refractivity contribution in [3.8, 4) is 0 Å². The second-order valence-electron chi connectivity index (χ2n) is 5.04. The van der Waals surface area contributed by atoms with Gasteiger partial charge in [-0.15, -0.1) is 0 Å². The number of hydrogen-bond donors (Lipinski definition) is 2. The smallest absolute Gasteiger partial charge is 0.225 e. The van der Waals surface area contributed by atoms with Crippen LogP contribution in [0.25, 0.3) is 0 Å². The number of rotatable bonds is 1. The van der Waals surface area contributed by atoms with E-state index >= 15 is 0 Å². The Bertz CT molecular complexity index is 298. The molecule has 2 aliphatic rings. The lowest BCUT2D eigenvalue weighted by molar-refractivity contribution is -0.136. The molecule has 96 valence electrons. The minimum absolute atomic E-state index is 0.0472. The van der Waals surface area contributed by atoms with Crippen LogP contribution in [0.5, 0.6) is 0 Å². The van der Waals surface area contributed by atoms with Gasteiger partial charge in [-0.3, -0.25) is 9.59 Å². The minimum Gasteiger partial charge on any atom is -0.354 e. The molecule has 5 heteroatoms. The zero-order valence-electron chi connectivity index (χ0n) is 10.2. The Morgan fingerprint density at radius 2 is 1.94 bits per heavy atom. The van der Waals surface area contributed by atoms with Crippen molar-refractivity contribution in [2.24, 2.45) is 11.7 Å². The molecule has 1 heterocycles. The standard InChI is InChI=1S/C12H21N3O2/c13-10-3-1-9(2-4-10)12(17)15-7-5-11(16)14-6-8-15/h9-10H,1-8,13H2,(H,14,16). The highest BCUT2D eigenvalue weighted by Gasteiger charge is 2.29. The second kappa shape index (κ2) is 5.49. The largest absolute Gasteiger partial charge is 0.354 e. The SMILES string of the molecule is NC1CCC(C(=O)N2CCNC(=O)CC2)CC1. The quantitative estimate of drug-likeness (QED) is 0.668. The van der Waals surface area contributed by atoms with Gasteiger partial charge in [0, 0.05) is 38.0 Å². The fraction of sp³-hybridized carbons (Fsp3) is 0.833. The third-order valence-corrected chi connectivity index (χ3v) is 3.75. The van der Waals surface area contributed by atoms with E-state index in [2.05, 4.69) is 5.32 Å². The van der Waals surface area contributed by atoms with Gasteiger partial charge in [0.15, 0.2) is 0 Å². The van der Waals surface area contributed by atoms with E-state index in [9.17, 15) is 9.59 Å². The average Bonchev–Trinajstić information content (AvgIpc) is 2.54. The van der Waals surface area contributed by atoms with Crippen molar-refractivity contribution in [2.45, 2.75) is 38.1 Å². The zero-order valence-corrected chi connectivity index (χ0v) is 10.2. The van der Waals surface area contributed by atoms with Crippen LogP contribution in [0.2, 0.25) is 0 Å². The van der Waals surface area contributed by atoms with E-state index in [4.69, 9.17) is 5.73 Å². The van der Waals surface area contributed by atoms with Crippen LogP contribution < -0.4 is 11.1 Å². The van der Waals surface area contributed by atoms with E-state index in [0.717, 1.165) is 25.7 Å². The van der Waals surface area contributed by atoms with Crippen LogP contribution in [0.4, 0.5) is 0 Å². The molecule has 2 rings (SSSR count). The molecule has 5 nitrogen and oxygen atoms in total. The highest BCUT2D eigenvalue weighted by Crippen LogP contribution is 2.25. The Kier molecular flexibility index (Phi) is 3.99. The van der Waals surface area contributed by atoms with Gasteiger partial charge in [-0.25, -0.2) is 0 Å². The van der Waals surface area contributed by atoms with E-state index < -0.39 is 0 Å². The Balaban J connectivity index is 1.88. The van der Waals surface area contributed by atoms with Crippen molar-refractivity contribution >= 4 is 11.8 Å². The number of carbonyl (C=O) groups excluding carboxylic acids is 2. The molecule has 0 aromatic carbocycles. The molecule has 0 aromatic heterocycles. The van der Waals surface area contributed by atoms with Gasteiger partial charge in [0.25, 0.3) is 0 Å². The van der Waals surface area contributed by atoms with Crippen molar-refractivity contribution in [1.29, 1.82) is 0 Å². The molecule has 3 N–H and O–H groups in total. The van der Waals surface area contributed by atoms with Crippen molar-refractivity contribution in [3.05, 3.63) is 0 Å². The summed E-state index contributed by atoms with van der Waals surface area (Å²) in [5, 5.41) is 2.79. The summed E-state index contributed by atoms with van der Waals surface area (Å²) in [4.78, 5) is 25.3. The van der Waals surface area contributed by atoms with Gasteiger partial charge in [0.1, 0.15) is 0 Å². The lowest BCUT2D eigenvalue weighted by Crippen LogP contribution is -2.41. The molecule has 0 unspecified atom stereocenters. The summed E-state index contributed by atoms with van der Waals surface area (Å²) in [7, 11) is 0. The summed E-state index contributed by atoms with van der Waals surface area (Å²) in [5.74, 6) is 0.391. The maximum absolute atomic E-state index is 12.3. The van der Waals surface area contributed by atoms with Gasteiger partial charge in [-0.1, -0.05) is 0 Å². The minimum atomic E-state index is 0.0472. The summed E-state index contributed by atoms with van der Waals surface area (Å²) in [6.07, 6.45) is 4.12. The molecule has 0 aromatic rings. The molecule has 0 atom stereocenters. The monoisotopic (exact) mass is 239 g/mol. The van der Waals surface area contributed by atoms with Crippen LogP contribution in [0.3, 0.4) is 0 Å². The molecular formula is C12H21N3O2. The maximum Gasteiger partial charge on any atom is 0.225 e. The predicted octanol–water partition coefficient (Wildman–Crippen LogP) is -0.148. The summed E-state index contributed by atoms with van der Waals surface area (Å²) in [6.45, 7) is 1.79. The van der Waals surface area contributed by atoms with Crippen LogP contribution >= 0.6 is 0 Å². The Morgan fingerprint density at radius 3 is 2.65 bits per heavy atom. The molecule has 2 fully saturated rings. The average molecular weight is 239 g/mol. The summed E-state index contributed by atoms with van der Waals surface area (Å²) >= 11 is 0. The van der Waals surface area contributed by atoms with E-state index in [-0.39, 0.29) is 23.8 Å². The van der Waals surface area contributed by atoms with Gasteiger partial charge in [-0.05, 0) is 25.7 Å². The molecule has 0 bridgehead atoms. The highest BCUT2D eigenvalue weighted by atomic mass is 16.2. The Hall–Kier alpha value is -1.10.